The number of para-hydroxylation sites is 1. The zero-order valence-electron chi connectivity index (χ0n) is 16.2. The van der Waals surface area contributed by atoms with Gasteiger partial charge in [-0.2, -0.15) is 0 Å². The van der Waals surface area contributed by atoms with Crippen molar-refractivity contribution in [2.24, 2.45) is 0 Å². The lowest BCUT2D eigenvalue weighted by atomic mass is 9.79. The molecule has 0 amide bonds. The molecule has 2 atom stereocenters. The Morgan fingerprint density at radius 3 is 2.28 bits per heavy atom. The molecule has 0 saturated carbocycles. The summed E-state index contributed by atoms with van der Waals surface area (Å²) in [4.78, 5) is 48.6. The third-order valence-electron chi connectivity index (χ3n) is 4.76. The normalized spacial score (nSPS) is 13.8. The van der Waals surface area contributed by atoms with Crippen molar-refractivity contribution < 1.29 is 29.2 Å². The smallest absolute Gasteiger partial charge is 0.328 e. The molecule has 0 aliphatic carbocycles. The van der Waals surface area contributed by atoms with Crippen LogP contribution in [0.1, 0.15) is 48.7 Å². The fourth-order valence-electron chi connectivity index (χ4n) is 2.77. The molecule has 0 aliphatic heterocycles. The number of nitrogens with zero attached hydrogens (tertiary/aromatic N) is 1. The van der Waals surface area contributed by atoms with Gasteiger partial charge in [0.05, 0.1) is 16.6 Å². The highest BCUT2D eigenvalue weighted by Gasteiger charge is 2.50. The molecule has 2 unspecified atom stereocenters. The van der Waals surface area contributed by atoms with Crippen molar-refractivity contribution in [3.05, 3.63) is 75.3 Å². The van der Waals surface area contributed by atoms with Crippen molar-refractivity contribution in [3.8, 4) is 0 Å². The number of ether oxygens (including phenoxy) is 1. The number of carbonyl (C=O) groups excluding carboxylic acids is 2. The minimum Gasteiger partial charge on any atom is -0.480 e. The van der Waals surface area contributed by atoms with Crippen LogP contribution in [0.5, 0.6) is 0 Å². The quantitative estimate of drug-likeness (QED) is 0.237. The number of hydrogen-bond acceptors (Lipinski definition) is 6. The maximum absolute atomic E-state index is 12.8. The molecular weight excluding hydrogens is 378 g/mol. The molecule has 1 N–H and O–H groups in total. The van der Waals surface area contributed by atoms with Gasteiger partial charge in [-0.1, -0.05) is 49.4 Å². The second kappa shape index (κ2) is 8.64. The molecule has 0 saturated heterocycles. The SMILES string of the molecule is CCC(C)OC(=O)C(C)(C(=O)O)c1cccc(C(=O)c2ccccc2)c1[N+](=O)[O-]. The van der Waals surface area contributed by atoms with Gasteiger partial charge in [0.15, 0.2) is 11.2 Å². The first kappa shape index (κ1) is 21.7. The summed E-state index contributed by atoms with van der Waals surface area (Å²) in [5.74, 6) is -3.40. The highest BCUT2D eigenvalue weighted by atomic mass is 16.6. The van der Waals surface area contributed by atoms with Gasteiger partial charge in [-0.05, 0) is 26.3 Å². The number of nitro benzene ring substituents is 1. The van der Waals surface area contributed by atoms with E-state index in [1.807, 2.05) is 0 Å². The van der Waals surface area contributed by atoms with Crippen molar-refractivity contribution >= 4 is 23.4 Å². The van der Waals surface area contributed by atoms with E-state index in [2.05, 4.69) is 0 Å². The van der Waals surface area contributed by atoms with Crippen molar-refractivity contribution in [1.82, 2.24) is 0 Å². The average Bonchev–Trinajstić information content (AvgIpc) is 2.72. The largest absolute Gasteiger partial charge is 0.480 e. The van der Waals surface area contributed by atoms with Crippen LogP contribution in [0.25, 0.3) is 0 Å². The van der Waals surface area contributed by atoms with Gasteiger partial charge in [0.25, 0.3) is 5.69 Å². The molecule has 152 valence electrons. The fraction of sp³-hybridized carbons (Fsp3) is 0.286. The zero-order valence-corrected chi connectivity index (χ0v) is 16.2. The number of carboxylic acid groups (broad SMARTS) is 1. The minimum absolute atomic E-state index is 0.201. The second-order valence-corrected chi connectivity index (χ2v) is 6.71. The molecule has 0 radical (unpaired) electrons. The van der Waals surface area contributed by atoms with E-state index in [1.54, 1.807) is 32.0 Å². The lowest BCUT2D eigenvalue weighted by Crippen LogP contribution is -2.44. The first-order valence-electron chi connectivity index (χ1n) is 8.96. The number of rotatable bonds is 8. The van der Waals surface area contributed by atoms with E-state index >= 15 is 0 Å². The van der Waals surface area contributed by atoms with Crippen LogP contribution in [-0.2, 0) is 19.7 Å². The van der Waals surface area contributed by atoms with Crippen molar-refractivity contribution in [3.63, 3.8) is 0 Å². The summed E-state index contributed by atoms with van der Waals surface area (Å²) >= 11 is 0. The van der Waals surface area contributed by atoms with Gasteiger partial charge < -0.3 is 9.84 Å². The average molecular weight is 399 g/mol. The van der Waals surface area contributed by atoms with E-state index < -0.39 is 45.4 Å². The van der Waals surface area contributed by atoms with Crippen molar-refractivity contribution in [2.75, 3.05) is 0 Å². The fourth-order valence-corrected chi connectivity index (χ4v) is 2.77. The summed E-state index contributed by atoms with van der Waals surface area (Å²) in [5, 5.41) is 21.6. The number of carbonyl (C=O) groups is 3. The van der Waals surface area contributed by atoms with Crippen LogP contribution in [0.4, 0.5) is 5.69 Å². The number of ketones is 1. The first-order chi connectivity index (χ1) is 13.6. The van der Waals surface area contributed by atoms with Crippen LogP contribution in [0.15, 0.2) is 48.5 Å². The summed E-state index contributed by atoms with van der Waals surface area (Å²) in [5.41, 5.74) is -3.61. The molecule has 0 fully saturated rings. The predicted octanol–water partition coefficient (Wildman–Crippen LogP) is 3.51. The Morgan fingerprint density at radius 1 is 1.14 bits per heavy atom. The molecule has 2 rings (SSSR count). The van der Waals surface area contributed by atoms with E-state index in [-0.39, 0.29) is 11.1 Å². The highest BCUT2D eigenvalue weighted by molar-refractivity contribution is 6.13. The number of hydrogen-bond donors (Lipinski definition) is 1. The van der Waals surface area contributed by atoms with E-state index in [0.29, 0.717) is 6.42 Å². The van der Waals surface area contributed by atoms with Crippen LogP contribution in [0, 0.1) is 10.1 Å². The molecule has 0 bridgehead atoms. The summed E-state index contributed by atoms with van der Waals surface area (Å²) < 4.78 is 5.17. The summed E-state index contributed by atoms with van der Waals surface area (Å²) in [6, 6.07) is 11.6. The third kappa shape index (κ3) is 4.16. The van der Waals surface area contributed by atoms with Gasteiger partial charge in [-0.25, -0.2) is 0 Å². The van der Waals surface area contributed by atoms with Gasteiger partial charge in [0, 0.05) is 5.56 Å². The number of esters is 1. The zero-order chi connectivity index (χ0) is 21.8. The Morgan fingerprint density at radius 2 is 1.76 bits per heavy atom. The monoisotopic (exact) mass is 399 g/mol. The number of carboxylic acids is 1. The van der Waals surface area contributed by atoms with Crippen LogP contribution in [0.2, 0.25) is 0 Å². The number of benzene rings is 2. The highest BCUT2D eigenvalue weighted by Crippen LogP contribution is 2.37. The van der Waals surface area contributed by atoms with Gasteiger partial charge in [0.2, 0.25) is 0 Å². The van der Waals surface area contributed by atoms with Crippen LogP contribution in [0.3, 0.4) is 0 Å². The molecule has 0 heterocycles. The molecule has 0 aliphatic rings. The third-order valence-corrected chi connectivity index (χ3v) is 4.76. The van der Waals surface area contributed by atoms with Crippen LogP contribution in [-0.4, -0.2) is 33.9 Å². The molecule has 2 aromatic carbocycles. The molecule has 0 aromatic heterocycles. The lowest BCUT2D eigenvalue weighted by Gasteiger charge is -2.25. The number of aliphatic carboxylic acids is 1. The van der Waals surface area contributed by atoms with Crippen molar-refractivity contribution in [1.29, 1.82) is 0 Å². The minimum atomic E-state index is -2.36. The molecular formula is C21H21NO7. The lowest BCUT2D eigenvalue weighted by molar-refractivity contribution is -0.386. The molecule has 2 aromatic rings. The topological polar surface area (TPSA) is 124 Å². The van der Waals surface area contributed by atoms with Gasteiger partial charge in [-0.15, -0.1) is 0 Å². The molecule has 8 heteroatoms. The Balaban J connectivity index is 2.71. The van der Waals surface area contributed by atoms with E-state index in [9.17, 15) is 29.6 Å². The standard InChI is InChI=1S/C21H21NO7/c1-4-13(2)29-20(26)21(3,19(24)25)16-12-8-11-15(17(16)22(27)28)18(23)14-9-6-5-7-10-14/h5-13H,4H2,1-3H3,(H,24,25). The summed E-state index contributed by atoms with van der Waals surface area (Å²) in [6.07, 6.45) is -0.134. The Kier molecular flexibility index (Phi) is 6.48. The van der Waals surface area contributed by atoms with Crippen LogP contribution < -0.4 is 0 Å². The molecule has 8 nitrogen and oxygen atoms in total. The van der Waals surface area contributed by atoms with E-state index in [4.69, 9.17) is 4.74 Å². The summed E-state index contributed by atoms with van der Waals surface area (Å²) in [7, 11) is 0. The second-order valence-electron chi connectivity index (χ2n) is 6.71. The van der Waals surface area contributed by atoms with Gasteiger partial charge >= 0.3 is 11.9 Å². The number of nitro groups is 1. The first-order valence-corrected chi connectivity index (χ1v) is 8.96. The molecule has 29 heavy (non-hydrogen) atoms. The molecule has 0 spiro atoms. The Hall–Kier alpha value is -3.55. The van der Waals surface area contributed by atoms with Crippen LogP contribution >= 0.6 is 0 Å². The maximum atomic E-state index is 12.8. The van der Waals surface area contributed by atoms with E-state index in [1.165, 1.54) is 24.3 Å². The van der Waals surface area contributed by atoms with Crippen molar-refractivity contribution in [2.45, 2.75) is 38.7 Å². The Labute approximate surface area is 167 Å². The maximum Gasteiger partial charge on any atom is 0.328 e. The van der Waals surface area contributed by atoms with Gasteiger partial charge in [-0.3, -0.25) is 24.5 Å². The summed E-state index contributed by atoms with van der Waals surface area (Å²) in [6.45, 7) is 4.38. The predicted molar refractivity (Wildman–Crippen MR) is 104 cm³/mol. The van der Waals surface area contributed by atoms with E-state index in [0.717, 1.165) is 13.0 Å². The Bertz CT molecular complexity index is 955. The van der Waals surface area contributed by atoms with Gasteiger partial charge in [0.1, 0.15) is 5.56 Å².